The van der Waals surface area contributed by atoms with Gasteiger partial charge in [-0.05, 0) is 53.9 Å². The molecule has 4 aromatic rings. The second-order valence-electron chi connectivity index (χ2n) is 7.46. The summed E-state index contributed by atoms with van der Waals surface area (Å²) in [5.41, 5.74) is 5.89. The molecule has 0 radical (unpaired) electrons. The highest BCUT2D eigenvalue weighted by Crippen LogP contribution is 2.21. The van der Waals surface area contributed by atoms with Crippen molar-refractivity contribution < 1.29 is 4.74 Å². The van der Waals surface area contributed by atoms with Crippen molar-refractivity contribution in [3.05, 3.63) is 115 Å². The average molecular weight is 409 g/mol. The van der Waals surface area contributed by atoms with E-state index in [0.717, 1.165) is 36.6 Å². The molecule has 0 saturated carbocycles. The lowest BCUT2D eigenvalue weighted by Crippen LogP contribution is -2.17. The van der Waals surface area contributed by atoms with Crippen LogP contribution in [0.25, 0.3) is 11.1 Å². The first kappa shape index (κ1) is 20.7. The Kier molecular flexibility index (Phi) is 7.35. The maximum absolute atomic E-state index is 5.92. The zero-order valence-corrected chi connectivity index (χ0v) is 17.6. The summed E-state index contributed by atoms with van der Waals surface area (Å²) in [4.78, 5) is 0. The Morgan fingerprint density at radius 3 is 2.06 bits per heavy atom. The van der Waals surface area contributed by atoms with Gasteiger partial charge in [0.25, 0.3) is 0 Å². The van der Waals surface area contributed by atoms with Crippen LogP contribution in [0.3, 0.4) is 0 Å². The van der Waals surface area contributed by atoms with E-state index in [1.807, 2.05) is 48.5 Å². The molecule has 0 heterocycles. The Morgan fingerprint density at radius 1 is 0.613 bits per heavy atom. The van der Waals surface area contributed by atoms with Crippen LogP contribution in [0.2, 0.25) is 0 Å². The molecule has 31 heavy (non-hydrogen) atoms. The number of para-hydroxylation sites is 1. The minimum Gasteiger partial charge on any atom is -0.493 e. The van der Waals surface area contributed by atoms with Crippen molar-refractivity contribution in [1.82, 2.24) is 5.32 Å². The van der Waals surface area contributed by atoms with Gasteiger partial charge >= 0.3 is 0 Å². The molecule has 0 bridgehead atoms. The Hall–Kier alpha value is -3.56. The summed E-state index contributed by atoms with van der Waals surface area (Å²) < 4.78 is 5.92. The van der Waals surface area contributed by atoms with Crippen molar-refractivity contribution in [3.8, 4) is 16.9 Å². The summed E-state index contributed by atoms with van der Waals surface area (Å²) in [7, 11) is 0. The molecule has 0 unspecified atom stereocenters. The van der Waals surface area contributed by atoms with Crippen molar-refractivity contribution in [2.24, 2.45) is 0 Å². The normalized spacial score (nSPS) is 10.6. The number of hydrogen-bond donors (Lipinski definition) is 2. The molecule has 0 saturated heterocycles. The predicted octanol–water partition coefficient (Wildman–Crippen LogP) is 6.66. The molecular formula is C28H28N2O. The van der Waals surface area contributed by atoms with E-state index in [-0.39, 0.29) is 0 Å². The fraction of sp³-hybridized carbons (Fsp3) is 0.143. The molecule has 4 aromatic carbocycles. The van der Waals surface area contributed by atoms with Crippen LogP contribution >= 0.6 is 0 Å². The first-order chi connectivity index (χ1) is 15.4. The highest BCUT2D eigenvalue weighted by Gasteiger charge is 2.00. The molecule has 0 aromatic heterocycles. The van der Waals surface area contributed by atoms with Crippen LogP contribution in [-0.4, -0.2) is 13.2 Å². The van der Waals surface area contributed by atoms with Gasteiger partial charge in [-0.15, -0.1) is 0 Å². The van der Waals surface area contributed by atoms with E-state index in [1.54, 1.807) is 0 Å². The van der Waals surface area contributed by atoms with Gasteiger partial charge in [-0.2, -0.15) is 0 Å². The third kappa shape index (κ3) is 6.46. The van der Waals surface area contributed by atoms with Crippen LogP contribution in [0.15, 0.2) is 109 Å². The smallest absolute Gasteiger partial charge is 0.121 e. The maximum atomic E-state index is 5.92. The Balaban J connectivity index is 1.16. The van der Waals surface area contributed by atoms with Gasteiger partial charge in [-0.25, -0.2) is 0 Å². The highest BCUT2D eigenvalue weighted by atomic mass is 16.5. The third-order valence-corrected chi connectivity index (χ3v) is 5.05. The van der Waals surface area contributed by atoms with Crippen LogP contribution in [0, 0.1) is 0 Å². The monoisotopic (exact) mass is 408 g/mol. The fourth-order valence-corrected chi connectivity index (χ4v) is 3.42. The number of hydrogen-bond acceptors (Lipinski definition) is 3. The molecule has 3 heteroatoms. The molecule has 2 N–H and O–H groups in total. The Bertz CT molecular complexity index is 1050. The summed E-state index contributed by atoms with van der Waals surface area (Å²) in [6.07, 6.45) is 0.957. The standard InChI is InChI=1S/C28H28N2O/c1-3-9-24(10-4-1)25-17-15-23(16-18-25)22-29-19-8-20-31-28-14-7-13-27(21-28)30-26-11-5-2-6-12-26/h1-7,9-18,21,29-30H,8,19-20,22H2. The lowest BCUT2D eigenvalue weighted by atomic mass is 10.0. The fourth-order valence-electron chi connectivity index (χ4n) is 3.42. The van der Waals surface area contributed by atoms with E-state index in [4.69, 9.17) is 4.74 Å². The van der Waals surface area contributed by atoms with Crippen molar-refractivity contribution in [1.29, 1.82) is 0 Å². The van der Waals surface area contributed by atoms with Gasteiger partial charge in [-0.1, -0.05) is 78.9 Å². The molecule has 156 valence electrons. The molecule has 0 fully saturated rings. The van der Waals surface area contributed by atoms with Crippen molar-refractivity contribution in [3.63, 3.8) is 0 Å². The molecule has 0 atom stereocenters. The first-order valence-electron chi connectivity index (χ1n) is 10.8. The number of anilines is 2. The van der Waals surface area contributed by atoms with Crippen LogP contribution in [-0.2, 0) is 6.54 Å². The van der Waals surface area contributed by atoms with Crippen molar-refractivity contribution in [2.45, 2.75) is 13.0 Å². The van der Waals surface area contributed by atoms with Crippen LogP contribution < -0.4 is 15.4 Å². The predicted molar refractivity (Wildman–Crippen MR) is 130 cm³/mol. The summed E-state index contributed by atoms with van der Waals surface area (Å²) in [6.45, 7) is 2.47. The average Bonchev–Trinajstić information content (AvgIpc) is 2.83. The zero-order valence-electron chi connectivity index (χ0n) is 17.6. The molecule has 0 aliphatic rings. The minimum absolute atomic E-state index is 0.689. The van der Waals surface area contributed by atoms with E-state index in [0.29, 0.717) is 6.61 Å². The third-order valence-electron chi connectivity index (χ3n) is 5.05. The number of nitrogens with one attached hydrogen (secondary N) is 2. The van der Waals surface area contributed by atoms with Gasteiger partial charge in [0, 0.05) is 24.0 Å². The summed E-state index contributed by atoms with van der Waals surface area (Å²) in [6, 6.07) is 37.5. The van der Waals surface area contributed by atoms with Gasteiger partial charge in [0.05, 0.1) is 6.61 Å². The molecular weight excluding hydrogens is 380 g/mol. The topological polar surface area (TPSA) is 33.3 Å². The van der Waals surface area contributed by atoms with E-state index in [9.17, 15) is 0 Å². The van der Waals surface area contributed by atoms with Crippen molar-refractivity contribution in [2.75, 3.05) is 18.5 Å². The number of rotatable bonds is 10. The molecule has 0 aliphatic carbocycles. The van der Waals surface area contributed by atoms with Gasteiger partial charge in [-0.3, -0.25) is 0 Å². The van der Waals surface area contributed by atoms with Gasteiger partial charge < -0.3 is 15.4 Å². The van der Waals surface area contributed by atoms with Crippen LogP contribution in [0.1, 0.15) is 12.0 Å². The van der Waals surface area contributed by atoms with Gasteiger partial charge in [0.2, 0.25) is 0 Å². The zero-order chi connectivity index (χ0) is 21.1. The van der Waals surface area contributed by atoms with Crippen LogP contribution in [0.4, 0.5) is 11.4 Å². The Morgan fingerprint density at radius 2 is 1.29 bits per heavy atom. The molecule has 0 spiro atoms. The highest BCUT2D eigenvalue weighted by molar-refractivity contribution is 5.63. The maximum Gasteiger partial charge on any atom is 0.121 e. The SMILES string of the molecule is c1ccc(Nc2cccc(OCCCNCc3ccc(-c4ccccc4)cc3)c2)cc1. The summed E-state index contributed by atoms with van der Waals surface area (Å²) in [5, 5.41) is 6.89. The van der Waals surface area contributed by atoms with E-state index in [1.165, 1.54) is 16.7 Å². The molecule has 0 amide bonds. The second-order valence-corrected chi connectivity index (χ2v) is 7.46. The Labute approximate surface area is 184 Å². The molecule has 4 rings (SSSR count). The van der Waals surface area contributed by atoms with Gasteiger partial charge in [0.1, 0.15) is 5.75 Å². The number of benzene rings is 4. The van der Waals surface area contributed by atoms with E-state index >= 15 is 0 Å². The molecule has 3 nitrogen and oxygen atoms in total. The minimum atomic E-state index is 0.689. The lowest BCUT2D eigenvalue weighted by Gasteiger charge is -2.10. The van der Waals surface area contributed by atoms with Crippen molar-refractivity contribution >= 4 is 11.4 Å². The van der Waals surface area contributed by atoms with E-state index in [2.05, 4.69) is 71.3 Å². The van der Waals surface area contributed by atoms with Crippen LogP contribution in [0.5, 0.6) is 5.75 Å². The summed E-state index contributed by atoms with van der Waals surface area (Å²) >= 11 is 0. The summed E-state index contributed by atoms with van der Waals surface area (Å²) in [5.74, 6) is 0.887. The van der Waals surface area contributed by atoms with Gasteiger partial charge in [0.15, 0.2) is 0 Å². The largest absolute Gasteiger partial charge is 0.493 e. The second kappa shape index (κ2) is 11.0. The lowest BCUT2D eigenvalue weighted by molar-refractivity contribution is 0.308. The quantitative estimate of drug-likeness (QED) is 0.288. The molecule has 0 aliphatic heterocycles. The first-order valence-corrected chi connectivity index (χ1v) is 10.8. The number of ether oxygens (including phenoxy) is 1. The van der Waals surface area contributed by atoms with E-state index < -0.39 is 0 Å².